The second-order valence-electron chi connectivity index (χ2n) is 5.16. The van der Waals surface area contributed by atoms with Crippen LogP contribution >= 0.6 is 11.6 Å². The Labute approximate surface area is 117 Å². The number of halogens is 1. The van der Waals surface area contributed by atoms with Crippen molar-refractivity contribution < 1.29 is 0 Å². The van der Waals surface area contributed by atoms with E-state index < -0.39 is 0 Å². The van der Waals surface area contributed by atoms with Crippen LogP contribution in [0.2, 0.25) is 0 Å². The van der Waals surface area contributed by atoms with Crippen LogP contribution in [0.5, 0.6) is 0 Å². The van der Waals surface area contributed by atoms with E-state index in [0.29, 0.717) is 11.8 Å². The normalized spacial score (nSPS) is 24.3. The van der Waals surface area contributed by atoms with Crippen molar-refractivity contribution in [2.24, 2.45) is 0 Å². The van der Waals surface area contributed by atoms with Crippen LogP contribution in [-0.2, 0) is 0 Å². The van der Waals surface area contributed by atoms with Gasteiger partial charge in [-0.05, 0) is 19.8 Å². The van der Waals surface area contributed by atoms with Crippen LogP contribution in [0.4, 0.5) is 5.82 Å². The molecule has 2 aromatic heterocycles. The first-order valence-corrected chi connectivity index (χ1v) is 7.25. The first-order chi connectivity index (χ1) is 9.24. The van der Waals surface area contributed by atoms with E-state index in [1.165, 1.54) is 25.6 Å². The zero-order chi connectivity index (χ0) is 13.2. The molecule has 0 spiro atoms. The molecule has 2 unspecified atom stereocenters. The molecule has 0 amide bonds. The summed E-state index contributed by atoms with van der Waals surface area (Å²) >= 11 is 6.48. The van der Waals surface area contributed by atoms with Crippen molar-refractivity contribution in [3.8, 4) is 0 Å². The van der Waals surface area contributed by atoms with Gasteiger partial charge in [0, 0.05) is 17.8 Å². The lowest BCUT2D eigenvalue weighted by molar-refractivity contribution is 0.621. The highest BCUT2D eigenvalue weighted by Gasteiger charge is 2.22. The number of hydrogen-bond acceptors (Lipinski definition) is 4. The highest BCUT2D eigenvalue weighted by Crippen LogP contribution is 2.25. The highest BCUT2D eigenvalue weighted by molar-refractivity contribution is 6.21. The summed E-state index contributed by atoms with van der Waals surface area (Å²) in [5.74, 6) is 1.56. The molecule has 0 aromatic carbocycles. The number of aryl methyl sites for hydroxylation is 1. The molecule has 1 aliphatic rings. The van der Waals surface area contributed by atoms with Crippen LogP contribution in [0.15, 0.2) is 12.4 Å². The lowest BCUT2D eigenvalue weighted by atomic mass is 10.1. The number of nitrogens with one attached hydrogen (secondary N) is 1. The number of aromatic nitrogens is 4. The summed E-state index contributed by atoms with van der Waals surface area (Å²) in [6, 6.07) is 2.29. The number of hydrogen-bond donors (Lipinski definition) is 1. The van der Waals surface area contributed by atoms with Gasteiger partial charge in [0.15, 0.2) is 0 Å². The van der Waals surface area contributed by atoms with E-state index >= 15 is 0 Å². The average Bonchev–Trinajstić information content (AvgIpc) is 2.75. The van der Waals surface area contributed by atoms with Crippen LogP contribution in [0, 0.1) is 6.92 Å². The Morgan fingerprint density at radius 1 is 1.32 bits per heavy atom. The molecule has 0 saturated heterocycles. The van der Waals surface area contributed by atoms with Gasteiger partial charge >= 0.3 is 0 Å². The van der Waals surface area contributed by atoms with Crippen molar-refractivity contribution >= 4 is 23.2 Å². The summed E-state index contributed by atoms with van der Waals surface area (Å²) in [4.78, 5) is 8.48. The molecule has 0 bridgehead atoms. The summed E-state index contributed by atoms with van der Waals surface area (Å²) in [7, 11) is 0. The van der Waals surface area contributed by atoms with Crippen molar-refractivity contribution in [3.63, 3.8) is 0 Å². The maximum atomic E-state index is 6.48. The zero-order valence-electron chi connectivity index (χ0n) is 11.0. The van der Waals surface area contributed by atoms with Crippen molar-refractivity contribution in [1.29, 1.82) is 0 Å². The minimum absolute atomic E-state index is 0.176. The fraction of sp³-hybridized carbons (Fsp3) is 0.615. The molecule has 1 N–H and O–H groups in total. The number of rotatable bonds is 2. The second-order valence-corrected chi connectivity index (χ2v) is 5.72. The van der Waals surface area contributed by atoms with Crippen molar-refractivity contribution in [2.45, 2.75) is 50.4 Å². The zero-order valence-corrected chi connectivity index (χ0v) is 11.8. The smallest absolute Gasteiger partial charge is 0.254 e. The van der Waals surface area contributed by atoms with Gasteiger partial charge in [-0.15, -0.1) is 11.6 Å². The fourth-order valence-corrected chi connectivity index (χ4v) is 2.99. The van der Waals surface area contributed by atoms with E-state index in [1.54, 1.807) is 4.52 Å². The molecule has 0 aliphatic heterocycles. The third-order valence-electron chi connectivity index (χ3n) is 3.64. The lowest BCUT2D eigenvalue weighted by Crippen LogP contribution is -2.30. The quantitative estimate of drug-likeness (QED) is 0.678. The first kappa shape index (κ1) is 12.7. The van der Waals surface area contributed by atoms with Gasteiger partial charge in [0.25, 0.3) is 5.78 Å². The molecule has 2 heterocycles. The van der Waals surface area contributed by atoms with E-state index in [-0.39, 0.29) is 5.38 Å². The van der Waals surface area contributed by atoms with E-state index in [1.807, 2.05) is 13.0 Å². The molecule has 1 saturated carbocycles. The molecule has 3 rings (SSSR count). The van der Waals surface area contributed by atoms with Crippen molar-refractivity contribution in [2.75, 3.05) is 5.32 Å². The molecule has 1 fully saturated rings. The van der Waals surface area contributed by atoms with Crippen LogP contribution in [0.1, 0.15) is 37.8 Å². The first-order valence-electron chi connectivity index (χ1n) is 6.82. The number of nitrogens with zero attached hydrogens (tertiary/aromatic N) is 4. The van der Waals surface area contributed by atoms with Crippen molar-refractivity contribution in [1.82, 2.24) is 19.6 Å². The van der Waals surface area contributed by atoms with E-state index in [9.17, 15) is 0 Å². The summed E-state index contributed by atoms with van der Waals surface area (Å²) in [5.41, 5.74) is 0.933. The summed E-state index contributed by atoms with van der Waals surface area (Å²) < 4.78 is 1.74. The molecular formula is C13H18ClN5. The largest absolute Gasteiger partial charge is 0.366 e. The molecular weight excluding hydrogens is 262 g/mol. The molecule has 0 radical (unpaired) electrons. The molecule has 6 heteroatoms. The van der Waals surface area contributed by atoms with E-state index in [2.05, 4.69) is 20.4 Å². The maximum absolute atomic E-state index is 6.48. The third kappa shape index (κ3) is 2.66. The Bertz CT molecular complexity index is 567. The topological polar surface area (TPSA) is 55.1 Å². The van der Waals surface area contributed by atoms with Crippen molar-refractivity contribution in [3.05, 3.63) is 18.1 Å². The number of fused-ring (bicyclic) bond motifs is 1. The molecule has 102 valence electrons. The van der Waals surface area contributed by atoms with Crippen LogP contribution < -0.4 is 5.32 Å². The van der Waals surface area contributed by atoms with Gasteiger partial charge < -0.3 is 5.32 Å². The van der Waals surface area contributed by atoms with Gasteiger partial charge in [0.05, 0.1) is 5.38 Å². The van der Waals surface area contributed by atoms with Crippen LogP contribution in [-0.4, -0.2) is 31.0 Å². The van der Waals surface area contributed by atoms with E-state index in [0.717, 1.165) is 24.4 Å². The van der Waals surface area contributed by atoms with Gasteiger partial charge in [0.2, 0.25) is 0 Å². The monoisotopic (exact) mass is 279 g/mol. The second kappa shape index (κ2) is 5.33. The minimum atomic E-state index is 0.176. The highest BCUT2D eigenvalue weighted by atomic mass is 35.5. The predicted molar refractivity (Wildman–Crippen MR) is 75.7 cm³/mol. The lowest BCUT2D eigenvalue weighted by Gasteiger charge is -2.22. The molecule has 2 aromatic rings. The molecule has 1 aliphatic carbocycles. The van der Waals surface area contributed by atoms with Crippen LogP contribution in [0.3, 0.4) is 0 Å². The Balaban J connectivity index is 1.89. The van der Waals surface area contributed by atoms with Gasteiger partial charge in [-0.1, -0.05) is 19.3 Å². The Morgan fingerprint density at radius 3 is 3.05 bits per heavy atom. The van der Waals surface area contributed by atoms with Crippen LogP contribution in [0.25, 0.3) is 5.78 Å². The van der Waals surface area contributed by atoms with Gasteiger partial charge in [-0.25, -0.2) is 4.98 Å². The molecule has 19 heavy (non-hydrogen) atoms. The SMILES string of the molecule is Cc1cc(NC2CCCCCC2Cl)n2ncnc2n1. The predicted octanol–water partition coefficient (Wildman–Crippen LogP) is 2.78. The average molecular weight is 280 g/mol. The Kier molecular flexibility index (Phi) is 3.55. The number of anilines is 1. The summed E-state index contributed by atoms with van der Waals surface area (Å²) in [6.07, 6.45) is 7.43. The third-order valence-corrected chi connectivity index (χ3v) is 4.17. The summed E-state index contributed by atoms with van der Waals surface area (Å²) in [6.45, 7) is 1.96. The van der Waals surface area contributed by atoms with Gasteiger partial charge in [-0.2, -0.15) is 14.6 Å². The van der Waals surface area contributed by atoms with Gasteiger partial charge in [0.1, 0.15) is 12.1 Å². The Hall–Kier alpha value is -1.36. The molecule has 5 nitrogen and oxygen atoms in total. The Morgan fingerprint density at radius 2 is 2.16 bits per heavy atom. The van der Waals surface area contributed by atoms with E-state index in [4.69, 9.17) is 11.6 Å². The summed E-state index contributed by atoms with van der Waals surface area (Å²) in [5, 5.41) is 7.92. The fourth-order valence-electron chi connectivity index (χ4n) is 2.65. The maximum Gasteiger partial charge on any atom is 0.254 e. The standard InChI is InChI=1S/C13H18ClN5/c1-9-7-12(19-13(17-9)15-8-16-19)18-11-6-4-2-3-5-10(11)14/h7-8,10-11,18H,2-6H2,1H3. The minimum Gasteiger partial charge on any atom is -0.366 e. The number of alkyl halides is 1. The molecule has 2 atom stereocenters. The van der Waals surface area contributed by atoms with Gasteiger partial charge in [-0.3, -0.25) is 0 Å².